The van der Waals surface area contributed by atoms with Gasteiger partial charge in [-0.3, -0.25) is 14.4 Å². The number of rotatable bonds is 25. The number of fused-ring (bicyclic) bond motifs is 4. The fourth-order valence-electron chi connectivity index (χ4n) is 10.7. The Hall–Kier alpha value is -5.15. The van der Waals surface area contributed by atoms with E-state index >= 15 is 0 Å². The summed E-state index contributed by atoms with van der Waals surface area (Å²) >= 11 is -0.773. The van der Waals surface area contributed by atoms with Crippen molar-refractivity contribution >= 4 is 46.1 Å². The number of primary amides is 1. The molecule has 0 saturated heterocycles. The molecule has 11 N–H and O–H groups in total. The largest absolute Gasteiger partial charge is 0.481 e. The second-order valence-corrected chi connectivity index (χ2v) is 24.6. The number of amides is 5. The van der Waals surface area contributed by atoms with Crippen LogP contribution in [0.3, 0.4) is 0 Å². The van der Waals surface area contributed by atoms with E-state index in [0.717, 1.165) is 44.5 Å². The molecule has 392 valence electrons. The van der Waals surface area contributed by atoms with Gasteiger partial charge in [-0.2, -0.15) is 0 Å². The molecule has 4 saturated carbocycles. The molecule has 4 fully saturated rings. The summed E-state index contributed by atoms with van der Waals surface area (Å²) in [5.74, 6) is -2.08. The molecule has 5 amide bonds. The monoisotopic (exact) mass is 1090 g/mol. The van der Waals surface area contributed by atoms with Crippen molar-refractivity contribution in [2.24, 2.45) is 53.1 Å². The van der Waals surface area contributed by atoms with Gasteiger partial charge in [0, 0.05) is 25.4 Å². The van der Waals surface area contributed by atoms with Gasteiger partial charge in [0.25, 0.3) is 5.91 Å². The maximum atomic E-state index is 14.1. The SMILES string of the molecule is COC(=O)NC(C)(C)/C=C/N/C(OCC(C)C)=C(\C=N)C(=O)NC1C2CC(CC(C)CO/C(N/C=C/C(C)(C)NC(C)=O)=C(/C=N)C(=O)NC3C4CCCC3CC([I-]C(N)=O)C4)CC1CC(C(=O)O)C2. The first-order chi connectivity index (χ1) is 32.9. The van der Waals surface area contributed by atoms with Gasteiger partial charge in [-0.15, -0.1) is 0 Å². The van der Waals surface area contributed by atoms with Crippen molar-refractivity contribution < 1.29 is 69.3 Å². The van der Waals surface area contributed by atoms with E-state index in [4.69, 9.17) is 30.8 Å². The molecule has 19 nitrogen and oxygen atoms in total. The molecular formula is C50H79IN9O10-. The molecule has 0 aliphatic heterocycles. The van der Waals surface area contributed by atoms with Crippen LogP contribution in [0.25, 0.3) is 0 Å². The van der Waals surface area contributed by atoms with Crippen molar-refractivity contribution in [1.29, 1.82) is 10.8 Å². The number of alkyl carbamates (subject to hydrolysis) is 1. The van der Waals surface area contributed by atoms with E-state index in [1.807, 2.05) is 34.6 Å². The third kappa shape index (κ3) is 17.6. The number of alkyl halides is 1. The molecule has 0 radical (unpaired) electrons. The van der Waals surface area contributed by atoms with E-state index in [2.05, 4.69) is 31.9 Å². The molecule has 0 aromatic rings. The number of nitrogens with two attached hydrogens (primary N) is 1. The zero-order chi connectivity index (χ0) is 51.9. The predicted molar refractivity (Wildman–Crippen MR) is 262 cm³/mol. The molecule has 4 aliphatic rings. The number of nitrogens with one attached hydrogen (secondary N) is 8. The first kappa shape index (κ1) is 57.4. The first-order valence-electron chi connectivity index (χ1n) is 24.5. The van der Waals surface area contributed by atoms with Crippen LogP contribution < -0.4 is 58.8 Å². The van der Waals surface area contributed by atoms with Crippen molar-refractivity contribution in [1.82, 2.24) is 31.9 Å². The third-order valence-corrected chi connectivity index (χ3v) is 16.1. The van der Waals surface area contributed by atoms with Crippen LogP contribution in [0.5, 0.6) is 0 Å². The normalized spacial score (nSPS) is 26.7. The number of aliphatic carboxylic acids is 1. The van der Waals surface area contributed by atoms with Crippen LogP contribution in [-0.2, 0) is 33.4 Å². The Balaban J connectivity index is 1.51. The van der Waals surface area contributed by atoms with Crippen molar-refractivity contribution in [3.05, 3.63) is 47.5 Å². The van der Waals surface area contributed by atoms with Gasteiger partial charge in [0.2, 0.25) is 11.8 Å². The molecule has 5 atom stereocenters. The molecule has 4 aliphatic carbocycles. The topological polar surface area (TPSA) is 296 Å². The minimum absolute atomic E-state index is 0.0196. The van der Waals surface area contributed by atoms with Crippen LogP contribution in [0.15, 0.2) is 47.5 Å². The summed E-state index contributed by atoms with van der Waals surface area (Å²) in [7, 11) is 1.27. The Kier molecular flexibility index (Phi) is 21.6. The van der Waals surface area contributed by atoms with Crippen molar-refractivity contribution in [3.63, 3.8) is 0 Å². The number of hydrogen-bond donors (Lipinski definition) is 10. The molecule has 5 unspecified atom stereocenters. The molecule has 0 heterocycles. The van der Waals surface area contributed by atoms with E-state index in [1.54, 1.807) is 32.2 Å². The summed E-state index contributed by atoms with van der Waals surface area (Å²) in [5, 5.41) is 44.9. The number of carbonyl (C=O) groups is 6. The quantitative estimate of drug-likeness (QED) is 0.0120. The van der Waals surface area contributed by atoms with E-state index in [0.29, 0.717) is 36.0 Å². The van der Waals surface area contributed by atoms with Gasteiger partial charge >= 0.3 is 194 Å². The van der Waals surface area contributed by atoms with Crippen LogP contribution in [0.4, 0.5) is 9.59 Å². The van der Waals surface area contributed by atoms with Gasteiger partial charge in [-0.1, -0.05) is 13.8 Å². The summed E-state index contributed by atoms with van der Waals surface area (Å²) in [6.45, 7) is 15.0. The van der Waals surface area contributed by atoms with Gasteiger partial charge in [-0.05, 0) is 83.1 Å². The van der Waals surface area contributed by atoms with Crippen LogP contribution in [0.2, 0.25) is 0 Å². The Bertz CT molecular complexity index is 2010. The number of ether oxygens (including phenoxy) is 3. The molecule has 0 aromatic heterocycles. The summed E-state index contributed by atoms with van der Waals surface area (Å²) in [6, 6.07) is -0.437. The van der Waals surface area contributed by atoms with Gasteiger partial charge < -0.3 is 41.3 Å². The molecule has 20 heteroatoms. The maximum absolute atomic E-state index is 14.1. The molecule has 0 spiro atoms. The van der Waals surface area contributed by atoms with Crippen LogP contribution in [-0.4, -0.2) is 98.6 Å². The number of carboxylic acid groups (broad SMARTS) is 1. The third-order valence-electron chi connectivity index (χ3n) is 13.6. The summed E-state index contributed by atoms with van der Waals surface area (Å²) < 4.78 is 17.2. The Labute approximate surface area is 423 Å². The van der Waals surface area contributed by atoms with Crippen LogP contribution in [0.1, 0.15) is 120 Å². The Morgan fingerprint density at radius 1 is 0.743 bits per heavy atom. The summed E-state index contributed by atoms with van der Waals surface area (Å²) in [5.41, 5.74) is 4.02. The van der Waals surface area contributed by atoms with Gasteiger partial charge in [0.1, 0.15) is 5.57 Å². The number of methoxy groups -OCH3 is 1. The minimum atomic E-state index is -0.863. The van der Waals surface area contributed by atoms with Crippen LogP contribution in [0, 0.1) is 58.2 Å². The smallest absolute Gasteiger partial charge is 0.306 e. The molecule has 4 bridgehead atoms. The molecular weight excluding hydrogens is 1010 g/mol. The second kappa shape index (κ2) is 26.3. The fourth-order valence-corrected chi connectivity index (χ4v) is 13.3. The fraction of sp³-hybridized carbons (Fsp3) is 0.680. The van der Waals surface area contributed by atoms with E-state index in [9.17, 15) is 33.9 Å². The molecule has 0 aromatic carbocycles. The maximum Gasteiger partial charge on any atom is 0.306 e. The molecule has 4 rings (SSSR count). The van der Waals surface area contributed by atoms with Gasteiger partial charge in [0.15, 0.2) is 0 Å². The number of hydrogen-bond acceptors (Lipinski definition) is 13. The summed E-state index contributed by atoms with van der Waals surface area (Å²) in [6.07, 6.45) is 15.2. The standard InChI is InChI=1S/C50H79IN9O10/c1-28(2)26-69-44(55-16-14-50(7,8)60-48(67)68-9)38(24-52)43(63)58-41-34-18-31(19-35(41)21-36(20-34)46(64)65)17-29(3)27-70-45(56-15-13-49(5,6)59-30(4)61)39(25-53)42(62)57-40-32-11-10-12-33(40)23-37(22-32)51-47(54)66/h13-16,24-25,28-29,31-37,40-41,52-53,55-56H,10-12,17-23,26-27H2,1-9H3,(H2,54,66)(H,57,62)(H,58,63)(H,59,61)(H,60,67)(H,64,65)/q-1/b15-13+,16-14+,44-38-,45-39-,52-24?,53-25?. The second-order valence-electron chi connectivity index (χ2n) is 21.1. The summed E-state index contributed by atoms with van der Waals surface area (Å²) in [4.78, 5) is 76.1. The minimum Gasteiger partial charge on any atom is -0.481 e. The van der Waals surface area contributed by atoms with Crippen LogP contribution >= 0.6 is 0 Å². The first-order valence-corrected chi connectivity index (χ1v) is 26.8. The van der Waals surface area contributed by atoms with Crippen molar-refractivity contribution in [3.8, 4) is 0 Å². The predicted octanol–water partition coefficient (Wildman–Crippen LogP) is 2.53. The van der Waals surface area contributed by atoms with Crippen molar-refractivity contribution in [2.45, 2.75) is 147 Å². The number of carboxylic acids is 1. The van der Waals surface area contributed by atoms with E-state index < -0.39 is 62.1 Å². The van der Waals surface area contributed by atoms with Gasteiger partial charge in [-0.25, -0.2) is 4.79 Å². The zero-order valence-electron chi connectivity index (χ0n) is 42.4. The Morgan fingerprint density at radius 2 is 1.23 bits per heavy atom. The zero-order valence-corrected chi connectivity index (χ0v) is 44.5. The number of halogens is 1. The van der Waals surface area contributed by atoms with Gasteiger partial charge in [0.05, 0.1) is 25.2 Å². The van der Waals surface area contributed by atoms with E-state index in [-0.39, 0.29) is 99.5 Å². The van der Waals surface area contributed by atoms with Crippen molar-refractivity contribution in [2.75, 3.05) is 20.3 Å². The van der Waals surface area contributed by atoms with E-state index in [1.165, 1.54) is 20.2 Å². The molecule has 70 heavy (non-hydrogen) atoms. The average molecular weight is 1090 g/mol. The average Bonchev–Trinajstić information content (AvgIpc) is 3.24. The Morgan fingerprint density at radius 3 is 1.67 bits per heavy atom. The number of carbonyl (C=O) groups excluding carboxylic acids is 5.